The number of amides is 1. The Kier molecular flexibility index (Phi) is 7.26. The van der Waals surface area contributed by atoms with E-state index < -0.39 is 6.04 Å². The average molecular weight is 559 g/mol. The lowest BCUT2D eigenvalue weighted by molar-refractivity contribution is -0.134. The summed E-state index contributed by atoms with van der Waals surface area (Å²) in [5, 5.41) is 8.36. The molecule has 6 rings (SSSR count). The standard InChI is InChI=1S/C31H28Cl2N4O2/c32-21-13-14-25-23(17-21)29(20-9-3-1-4-10-20)30(31(39)34-25)26-18-27(22-11-5-6-12-24(22)33)37(35-26)28(38)19-36-15-7-2-8-16-36/h1,3-6,9-14,17,27H,2,7-8,15-16,18-19H2,(H,34,39). The summed E-state index contributed by atoms with van der Waals surface area (Å²) in [7, 11) is 0. The van der Waals surface area contributed by atoms with E-state index in [1.807, 2.05) is 66.7 Å². The van der Waals surface area contributed by atoms with Crippen LogP contribution in [0.4, 0.5) is 0 Å². The number of carbonyl (C=O) groups excluding carboxylic acids is 1. The number of carbonyl (C=O) groups is 1. The Labute approximate surface area is 236 Å². The average Bonchev–Trinajstić information content (AvgIpc) is 3.39. The molecule has 3 aromatic carbocycles. The van der Waals surface area contributed by atoms with E-state index in [0.717, 1.165) is 48.0 Å². The highest BCUT2D eigenvalue weighted by Gasteiger charge is 2.37. The Balaban J connectivity index is 1.50. The van der Waals surface area contributed by atoms with Crippen molar-refractivity contribution >= 4 is 45.7 Å². The van der Waals surface area contributed by atoms with Crippen LogP contribution in [0.3, 0.4) is 0 Å². The molecule has 2 aliphatic heterocycles. The van der Waals surface area contributed by atoms with Crippen molar-refractivity contribution in [3.8, 4) is 11.1 Å². The second-order valence-corrected chi connectivity index (χ2v) is 11.0. The van der Waals surface area contributed by atoms with Crippen molar-refractivity contribution < 1.29 is 4.79 Å². The number of benzene rings is 3. The molecule has 1 unspecified atom stereocenters. The highest BCUT2D eigenvalue weighted by molar-refractivity contribution is 6.32. The largest absolute Gasteiger partial charge is 0.321 e. The minimum Gasteiger partial charge on any atom is -0.321 e. The van der Waals surface area contributed by atoms with Gasteiger partial charge in [0.2, 0.25) is 0 Å². The lowest BCUT2D eigenvalue weighted by Gasteiger charge is -2.29. The van der Waals surface area contributed by atoms with Gasteiger partial charge in [0.05, 0.1) is 23.9 Å². The maximum absolute atomic E-state index is 13.7. The molecule has 1 fully saturated rings. The van der Waals surface area contributed by atoms with Gasteiger partial charge in [0, 0.05) is 32.9 Å². The second kappa shape index (κ2) is 11.0. The number of hydrogen-bond donors (Lipinski definition) is 1. The summed E-state index contributed by atoms with van der Waals surface area (Å²) in [6.07, 6.45) is 3.73. The Morgan fingerprint density at radius 2 is 1.67 bits per heavy atom. The summed E-state index contributed by atoms with van der Waals surface area (Å²) in [4.78, 5) is 32.6. The minimum absolute atomic E-state index is 0.0988. The first kappa shape index (κ1) is 25.8. The van der Waals surface area contributed by atoms with Gasteiger partial charge in [-0.3, -0.25) is 14.5 Å². The maximum atomic E-state index is 13.7. The molecule has 0 saturated carbocycles. The monoisotopic (exact) mass is 558 g/mol. The Morgan fingerprint density at radius 3 is 2.44 bits per heavy atom. The summed E-state index contributed by atoms with van der Waals surface area (Å²) in [6, 6.07) is 22.3. The third kappa shape index (κ3) is 5.12. The number of pyridine rings is 1. The molecule has 1 saturated heterocycles. The van der Waals surface area contributed by atoms with Gasteiger partial charge >= 0.3 is 0 Å². The first-order chi connectivity index (χ1) is 19.0. The number of fused-ring (bicyclic) bond motifs is 1. The third-order valence-corrected chi connectivity index (χ3v) is 8.14. The first-order valence-electron chi connectivity index (χ1n) is 13.3. The molecule has 0 bridgehead atoms. The van der Waals surface area contributed by atoms with Crippen LogP contribution in [-0.2, 0) is 4.79 Å². The summed E-state index contributed by atoms with van der Waals surface area (Å²) in [6.45, 7) is 2.08. The molecule has 2 aliphatic rings. The molecule has 198 valence electrons. The fourth-order valence-electron chi connectivity index (χ4n) is 5.71. The van der Waals surface area contributed by atoms with Gasteiger partial charge in [0.15, 0.2) is 0 Å². The highest BCUT2D eigenvalue weighted by Crippen LogP contribution is 2.39. The molecular weight excluding hydrogens is 531 g/mol. The number of nitrogens with one attached hydrogen (secondary N) is 1. The summed E-state index contributed by atoms with van der Waals surface area (Å²) >= 11 is 13.0. The van der Waals surface area contributed by atoms with Gasteiger partial charge in [-0.2, -0.15) is 5.10 Å². The van der Waals surface area contributed by atoms with E-state index in [0.29, 0.717) is 33.3 Å². The smallest absolute Gasteiger partial charge is 0.258 e. The van der Waals surface area contributed by atoms with Crippen LogP contribution in [0.1, 0.15) is 42.9 Å². The van der Waals surface area contributed by atoms with Crippen LogP contribution >= 0.6 is 23.2 Å². The SMILES string of the molecule is O=C(CN1CCCCC1)N1N=C(c2c(-c3ccccc3)c3cc(Cl)ccc3[nH]c2=O)CC1c1ccccc1Cl. The van der Waals surface area contributed by atoms with E-state index in [-0.39, 0.29) is 18.0 Å². The van der Waals surface area contributed by atoms with Gasteiger partial charge in [-0.25, -0.2) is 5.01 Å². The quantitative estimate of drug-likeness (QED) is 0.297. The fourth-order valence-corrected chi connectivity index (χ4v) is 6.14. The van der Waals surface area contributed by atoms with Gasteiger partial charge in [0.1, 0.15) is 0 Å². The van der Waals surface area contributed by atoms with E-state index in [9.17, 15) is 9.59 Å². The zero-order valence-electron chi connectivity index (χ0n) is 21.4. The van der Waals surface area contributed by atoms with Crippen molar-refractivity contribution in [2.24, 2.45) is 5.10 Å². The number of rotatable bonds is 5. The fraction of sp³-hybridized carbons (Fsp3) is 0.258. The maximum Gasteiger partial charge on any atom is 0.258 e. The van der Waals surface area contributed by atoms with Crippen LogP contribution in [0.25, 0.3) is 22.0 Å². The number of nitrogens with zero attached hydrogens (tertiary/aromatic N) is 3. The summed E-state index contributed by atoms with van der Waals surface area (Å²) < 4.78 is 0. The third-order valence-electron chi connectivity index (χ3n) is 7.56. The van der Waals surface area contributed by atoms with Crippen LogP contribution in [0.5, 0.6) is 0 Å². The number of halogens is 2. The molecule has 0 radical (unpaired) electrons. The molecule has 39 heavy (non-hydrogen) atoms. The van der Waals surface area contributed by atoms with E-state index in [1.54, 1.807) is 11.1 Å². The van der Waals surface area contributed by atoms with Crippen molar-refractivity contribution in [3.63, 3.8) is 0 Å². The van der Waals surface area contributed by atoms with Crippen molar-refractivity contribution in [1.29, 1.82) is 0 Å². The number of aromatic nitrogens is 1. The lowest BCUT2D eigenvalue weighted by atomic mass is 9.91. The number of hydrazone groups is 1. The van der Waals surface area contributed by atoms with E-state index >= 15 is 0 Å². The number of aromatic amines is 1. The molecule has 1 atom stereocenters. The molecule has 1 amide bonds. The molecule has 0 spiro atoms. The minimum atomic E-state index is -0.413. The number of hydrogen-bond acceptors (Lipinski definition) is 4. The first-order valence-corrected chi connectivity index (χ1v) is 14.0. The van der Waals surface area contributed by atoms with Crippen LogP contribution < -0.4 is 5.56 Å². The second-order valence-electron chi connectivity index (χ2n) is 10.1. The highest BCUT2D eigenvalue weighted by atomic mass is 35.5. The normalized spacial score (nSPS) is 17.9. The van der Waals surface area contributed by atoms with E-state index in [1.165, 1.54) is 6.42 Å². The van der Waals surface area contributed by atoms with Gasteiger partial charge in [0.25, 0.3) is 11.5 Å². The number of piperidine rings is 1. The van der Waals surface area contributed by atoms with Crippen molar-refractivity contribution in [2.45, 2.75) is 31.7 Å². The molecule has 3 heterocycles. The Hall–Kier alpha value is -3.45. The van der Waals surface area contributed by atoms with Crippen LogP contribution in [-0.4, -0.2) is 46.1 Å². The van der Waals surface area contributed by atoms with Gasteiger partial charge in [-0.05, 0) is 61.3 Å². The summed E-state index contributed by atoms with van der Waals surface area (Å²) in [5.41, 5.74) is 3.86. The predicted octanol–water partition coefficient (Wildman–Crippen LogP) is 6.67. The molecule has 0 aliphatic carbocycles. The molecule has 4 aromatic rings. The zero-order valence-corrected chi connectivity index (χ0v) is 22.9. The zero-order chi connectivity index (χ0) is 26.9. The van der Waals surface area contributed by atoms with Crippen LogP contribution in [0, 0.1) is 0 Å². The molecule has 1 aromatic heterocycles. The van der Waals surface area contributed by atoms with E-state index in [2.05, 4.69) is 9.88 Å². The number of H-pyrrole nitrogens is 1. The molecule has 8 heteroatoms. The van der Waals surface area contributed by atoms with Crippen LogP contribution in [0.2, 0.25) is 10.0 Å². The van der Waals surface area contributed by atoms with Crippen molar-refractivity contribution in [1.82, 2.24) is 14.9 Å². The Bertz CT molecular complexity index is 1630. The Morgan fingerprint density at radius 1 is 0.923 bits per heavy atom. The van der Waals surface area contributed by atoms with Crippen LogP contribution in [0.15, 0.2) is 82.7 Å². The van der Waals surface area contributed by atoms with Crippen molar-refractivity contribution in [2.75, 3.05) is 19.6 Å². The van der Waals surface area contributed by atoms with E-state index in [4.69, 9.17) is 28.3 Å². The predicted molar refractivity (Wildman–Crippen MR) is 157 cm³/mol. The molecular formula is C31H28Cl2N4O2. The van der Waals surface area contributed by atoms with Gasteiger partial charge in [-0.1, -0.05) is 78.2 Å². The van der Waals surface area contributed by atoms with Gasteiger partial charge in [-0.15, -0.1) is 0 Å². The van der Waals surface area contributed by atoms with Gasteiger partial charge < -0.3 is 4.98 Å². The van der Waals surface area contributed by atoms with Crippen molar-refractivity contribution in [3.05, 3.63) is 104 Å². The summed E-state index contributed by atoms with van der Waals surface area (Å²) in [5.74, 6) is -0.0988. The lowest BCUT2D eigenvalue weighted by Crippen LogP contribution is -2.40. The molecule has 6 nitrogen and oxygen atoms in total. The number of likely N-dealkylation sites (tertiary alicyclic amines) is 1. The topological polar surface area (TPSA) is 68.8 Å². The molecule has 1 N–H and O–H groups in total.